The Kier molecular flexibility index (Phi) is 7.68. The lowest BCUT2D eigenvalue weighted by atomic mass is 10.1. The summed E-state index contributed by atoms with van der Waals surface area (Å²) in [7, 11) is 0. The first-order valence-electron chi connectivity index (χ1n) is 8.14. The lowest BCUT2D eigenvalue weighted by Crippen LogP contribution is -2.33. The molecule has 1 N–H and O–H groups in total. The molecule has 0 saturated heterocycles. The second-order valence-corrected chi connectivity index (χ2v) is 6.16. The minimum atomic E-state index is 0.524. The normalized spacial score (nSPS) is 11.3. The molecule has 0 amide bonds. The van der Waals surface area contributed by atoms with Crippen molar-refractivity contribution in [2.75, 3.05) is 11.4 Å². The van der Waals surface area contributed by atoms with E-state index in [1.807, 2.05) is 0 Å². The summed E-state index contributed by atoms with van der Waals surface area (Å²) in [4.78, 5) is 2.55. The number of para-hydroxylation sites is 1. The fourth-order valence-corrected chi connectivity index (χ4v) is 2.44. The quantitative estimate of drug-likeness (QED) is 0.664. The van der Waals surface area contributed by atoms with E-state index in [0.717, 1.165) is 13.1 Å². The van der Waals surface area contributed by atoms with Gasteiger partial charge in [-0.25, -0.2) is 0 Å². The molecule has 0 aromatic heterocycles. The molecule has 0 aliphatic rings. The average Bonchev–Trinajstić information content (AvgIpc) is 2.41. The van der Waals surface area contributed by atoms with Crippen LogP contribution in [0, 0.1) is 0 Å². The first kappa shape index (κ1) is 17.0. The van der Waals surface area contributed by atoms with Crippen LogP contribution >= 0.6 is 0 Å². The summed E-state index contributed by atoms with van der Waals surface area (Å²) >= 11 is 0. The van der Waals surface area contributed by atoms with Crippen LogP contribution in [0.3, 0.4) is 0 Å². The smallest absolute Gasteiger partial charge is 0.0414 e. The maximum atomic E-state index is 3.54. The fourth-order valence-electron chi connectivity index (χ4n) is 2.44. The van der Waals surface area contributed by atoms with E-state index in [2.05, 4.69) is 69.1 Å². The van der Waals surface area contributed by atoms with Gasteiger partial charge in [0.2, 0.25) is 0 Å². The van der Waals surface area contributed by atoms with Crippen LogP contribution in [0.4, 0.5) is 5.69 Å². The highest BCUT2D eigenvalue weighted by Crippen LogP contribution is 2.23. The fraction of sp³-hybridized carbons (Fsp3) is 0.667. The lowest BCUT2D eigenvalue weighted by Gasteiger charge is -2.31. The summed E-state index contributed by atoms with van der Waals surface area (Å²) < 4.78 is 0. The Morgan fingerprint density at radius 3 is 2.35 bits per heavy atom. The zero-order valence-corrected chi connectivity index (χ0v) is 13.9. The van der Waals surface area contributed by atoms with Crippen molar-refractivity contribution in [3.8, 4) is 0 Å². The van der Waals surface area contributed by atoms with Gasteiger partial charge in [0.25, 0.3) is 0 Å². The molecule has 0 unspecified atom stereocenters. The molecule has 0 atom stereocenters. The van der Waals surface area contributed by atoms with Gasteiger partial charge in [0.05, 0.1) is 0 Å². The molecular formula is C18H32N2. The van der Waals surface area contributed by atoms with E-state index in [-0.39, 0.29) is 0 Å². The number of anilines is 1. The molecule has 0 saturated carbocycles. The zero-order valence-electron chi connectivity index (χ0n) is 13.9. The van der Waals surface area contributed by atoms with Gasteiger partial charge in [-0.1, -0.05) is 51.8 Å². The number of unbranched alkanes of at least 4 members (excludes halogenated alkanes) is 2. The maximum Gasteiger partial charge on any atom is 0.0414 e. The monoisotopic (exact) mass is 276 g/mol. The zero-order chi connectivity index (χ0) is 15.0. The van der Waals surface area contributed by atoms with Gasteiger partial charge >= 0.3 is 0 Å². The van der Waals surface area contributed by atoms with Gasteiger partial charge in [-0.2, -0.15) is 0 Å². The largest absolute Gasteiger partial charge is 0.369 e. The van der Waals surface area contributed by atoms with Crippen molar-refractivity contribution < 1.29 is 0 Å². The molecule has 0 spiro atoms. The molecule has 114 valence electrons. The first-order valence-corrected chi connectivity index (χ1v) is 8.14. The molecule has 0 bridgehead atoms. The minimum Gasteiger partial charge on any atom is -0.369 e. The van der Waals surface area contributed by atoms with Crippen molar-refractivity contribution in [3.63, 3.8) is 0 Å². The predicted octanol–water partition coefficient (Wildman–Crippen LogP) is 4.59. The Hall–Kier alpha value is -1.02. The molecule has 0 aliphatic carbocycles. The van der Waals surface area contributed by atoms with Crippen LogP contribution in [-0.2, 0) is 6.54 Å². The number of nitrogens with one attached hydrogen (secondary N) is 1. The van der Waals surface area contributed by atoms with E-state index >= 15 is 0 Å². The summed E-state index contributed by atoms with van der Waals surface area (Å²) in [6.07, 6.45) is 3.87. The molecular weight excluding hydrogens is 244 g/mol. The topological polar surface area (TPSA) is 15.3 Å². The van der Waals surface area contributed by atoms with Crippen LogP contribution < -0.4 is 10.2 Å². The van der Waals surface area contributed by atoms with Crippen molar-refractivity contribution >= 4 is 5.69 Å². The van der Waals surface area contributed by atoms with Gasteiger partial charge in [-0.15, -0.1) is 0 Å². The molecule has 0 heterocycles. The average molecular weight is 276 g/mol. The van der Waals surface area contributed by atoms with E-state index in [4.69, 9.17) is 0 Å². The van der Waals surface area contributed by atoms with Crippen molar-refractivity contribution in [1.29, 1.82) is 0 Å². The van der Waals surface area contributed by atoms with E-state index in [0.29, 0.717) is 12.1 Å². The standard InChI is InChI=1S/C18H32N2/c1-6-7-10-13-20(16(4)5)18-12-9-8-11-17(18)14-19-15(2)3/h8-9,11-12,15-16,19H,6-7,10,13-14H2,1-5H3. The molecule has 1 aromatic carbocycles. The molecule has 2 heteroatoms. The van der Waals surface area contributed by atoms with E-state index in [9.17, 15) is 0 Å². The highest BCUT2D eigenvalue weighted by Gasteiger charge is 2.13. The molecule has 0 fully saturated rings. The Balaban J connectivity index is 2.83. The van der Waals surface area contributed by atoms with Gasteiger partial charge in [0, 0.05) is 30.9 Å². The van der Waals surface area contributed by atoms with Crippen molar-refractivity contribution in [3.05, 3.63) is 29.8 Å². The number of hydrogen-bond donors (Lipinski definition) is 1. The third-order valence-electron chi connectivity index (χ3n) is 3.63. The van der Waals surface area contributed by atoms with Crippen LogP contribution in [-0.4, -0.2) is 18.6 Å². The Labute approximate surface area is 125 Å². The number of benzene rings is 1. The Morgan fingerprint density at radius 1 is 1.05 bits per heavy atom. The molecule has 20 heavy (non-hydrogen) atoms. The minimum absolute atomic E-state index is 0.524. The summed E-state index contributed by atoms with van der Waals surface area (Å²) in [5.74, 6) is 0. The van der Waals surface area contributed by atoms with Crippen molar-refractivity contribution in [2.45, 2.75) is 72.5 Å². The van der Waals surface area contributed by atoms with Gasteiger partial charge in [0.15, 0.2) is 0 Å². The number of hydrogen-bond acceptors (Lipinski definition) is 2. The van der Waals surface area contributed by atoms with Gasteiger partial charge in [-0.05, 0) is 31.9 Å². The van der Waals surface area contributed by atoms with Crippen molar-refractivity contribution in [2.24, 2.45) is 0 Å². The summed E-state index contributed by atoms with van der Waals surface area (Å²) in [5, 5.41) is 3.54. The second-order valence-electron chi connectivity index (χ2n) is 6.16. The van der Waals surface area contributed by atoms with Crippen LogP contribution in [0.5, 0.6) is 0 Å². The van der Waals surface area contributed by atoms with Crippen LogP contribution in [0.2, 0.25) is 0 Å². The third kappa shape index (κ3) is 5.54. The van der Waals surface area contributed by atoms with Gasteiger partial charge < -0.3 is 10.2 Å². The highest BCUT2D eigenvalue weighted by molar-refractivity contribution is 5.54. The Bertz CT molecular complexity index is 371. The number of rotatable bonds is 9. The lowest BCUT2D eigenvalue weighted by molar-refractivity contribution is 0.582. The summed E-state index contributed by atoms with van der Waals surface area (Å²) in [6.45, 7) is 13.3. The first-order chi connectivity index (χ1) is 9.56. The van der Waals surface area contributed by atoms with Crippen LogP contribution in [0.25, 0.3) is 0 Å². The predicted molar refractivity (Wildman–Crippen MR) is 90.4 cm³/mol. The summed E-state index contributed by atoms with van der Waals surface area (Å²) in [6, 6.07) is 9.89. The number of nitrogens with zero attached hydrogens (tertiary/aromatic N) is 1. The maximum absolute atomic E-state index is 3.54. The van der Waals surface area contributed by atoms with E-state index in [1.54, 1.807) is 0 Å². The van der Waals surface area contributed by atoms with Crippen LogP contribution in [0.1, 0.15) is 59.4 Å². The van der Waals surface area contributed by atoms with E-state index in [1.165, 1.54) is 30.5 Å². The highest BCUT2D eigenvalue weighted by atomic mass is 15.2. The Morgan fingerprint density at radius 2 is 1.75 bits per heavy atom. The molecule has 2 nitrogen and oxygen atoms in total. The summed E-state index contributed by atoms with van der Waals surface area (Å²) in [5.41, 5.74) is 2.80. The SMILES string of the molecule is CCCCCN(c1ccccc1CNC(C)C)C(C)C. The molecule has 1 aromatic rings. The third-order valence-corrected chi connectivity index (χ3v) is 3.63. The van der Waals surface area contributed by atoms with E-state index < -0.39 is 0 Å². The second kappa shape index (κ2) is 9.02. The molecule has 0 aliphatic heterocycles. The van der Waals surface area contributed by atoms with Gasteiger partial charge in [0.1, 0.15) is 0 Å². The van der Waals surface area contributed by atoms with Crippen molar-refractivity contribution in [1.82, 2.24) is 5.32 Å². The van der Waals surface area contributed by atoms with Crippen LogP contribution in [0.15, 0.2) is 24.3 Å². The molecule has 0 radical (unpaired) electrons. The van der Waals surface area contributed by atoms with Gasteiger partial charge in [-0.3, -0.25) is 0 Å². The molecule has 1 rings (SSSR count).